The molecule has 50 valence electrons. The van der Waals surface area contributed by atoms with Gasteiger partial charge in [-0.05, 0) is 0 Å². The molecule has 0 fully saturated rings. The summed E-state index contributed by atoms with van der Waals surface area (Å²) in [7, 11) is 0. The number of rotatable bonds is 3. The van der Waals surface area contributed by atoms with Crippen LogP contribution in [0.3, 0.4) is 0 Å². The average molecular weight is 129 g/mol. The molecule has 4 nitrogen and oxygen atoms in total. The summed E-state index contributed by atoms with van der Waals surface area (Å²) >= 11 is 0. The van der Waals surface area contributed by atoms with Crippen LogP contribution in [0.1, 0.15) is 6.42 Å². The predicted molar refractivity (Wildman–Crippen MR) is 31.7 cm³/mol. The second-order valence-electron chi connectivity index (χ2n) is 1.34. The summed E-state index contributed by atoms with van der Waals surface area (Å²) in [6.07, 6.45) is 1.43. The van der Waals surface area contributed by atoms with E-state index in [4.69, 9.17) is 10.3 Å². The summed E-state index contributed by atoms with van der Waals surface area (Å²) in [4.78, 5) is 9.98. The summed E-state index contributed by atoms with van der Waals surface area (Å²) < 4.78 is 0. The molecule has 0 bridgehead atoms. The maximum Gasteiger partial charge on any atom is 0.353 e. The van der Waals surface area contributed by atoms with E-state index in [-0.39, 0.29) is 12.1 Å². The van der Waals surface area contributed by atoms with Crippen LogP contribution < -0.4 is 0 Å². The standard InChI is InChI=1S/C5H7NO3/c1-2-3-4(6-9)5(7)8/h2,9H,1,3H2,(H,7,8)/b6-4+. The highest BCUT2D eigenvalue weighted by atomic mass is 16.4. The molecule has 0 rings (SSSR count). The fraction of sp³-hybridized carbons (Fsp3) is 0.200. The summed E-state index contributed by atoms with van der Waals surface area (Å²) in [6, 6.07) is 0. The van der Waals surface area contributed by atoms with E-state index >= 15 is 0 Å². The number of allylic oxidation sites excluding steroid dienone is 1. The molecule has 9 heavy (non-hydrogen) atoms. The van der Waals surface area contributed by atoms with Gasteiger partial charge in [-0.15, -0.1) is 6.58 Å². The van der Waals surface area contributed by atoms with Gasteiger partial charge in [-0.1, -0.05) is 11.2 Å². The van der Waals surface area contributed by atoms with E-state index in [0.29, 0.717) is 0 Å². The van der Waals surface area contributed by atoms with Crippen molar-refractivity contribution < 1.29 is 15.1 Å². The topological polar surface area (TPSA) is 69.9 Å². The van der Waals surface area contributed by atoms with E-state index in [0.717, 1.165) is 0 Å². The molecular formula is C5H7NO3. The second kappa shape index (κ2) is 3.65. The number of nitrogens with zero attached hydrogens (tertiary/aromatic N) is 1. The van der Waals surface area contributed by atoms with Crippen LogP contribution in [0, 0.1) is 0 Å². The molecular weight excluding hydrogens is 122 g/mol. The maximum absolute atomic E-state index is 9.98. The molecule has 2 N–H and O–H groups in total. The van der Waals surface area contributed by atoms with E-state index in [2.05, 4.69) is 11.7 Å². The first-order valence-corrected chi connectivity index (χ1v) is 2.27. The zero-order valence-electron chi connectivity index (χ0n) is 4.74. The average Bonchev–Trinajstić information content (AvgIpc) is 1.82. The lowest BCUT2D eigenvalue weighted by molar-refractivity contribution is -0.129. The minimum Gasteiger partial charge on any atom is -0.477 e. The van der Waals surface area contributed by atoms with Crippen molar-refractivity contribution in [3.05, 3.63) is 12.7 Å². The summed E-state index contributed by atoms with van der Waals surface area (Å²) in [5.41, 5.74) is -0.301. The third-order valence-electron chi connectivity index (χ3n) is 0.705. The van der Waals surface area contributed by atoms with E-state index in [1.54, 1.807) is 0 Å². The van der Waals surface area contributed by atoms with Gasteiger partial charge in [-0.3, -0.25) is 0 Å². The molecule has 0 aromatic carbocycles. The van der Waals surface area contributed by atoms with Crippen LogP contribution in [0.2, 0.25) is 0 Å². The van der Waals surface area contributed by atoms with Crippen LogP contribution in [-0.2, 0) is 4.79 Å². The normalized spacial score (nSPS) is 10.9. The van der Waals surface area contributed by atoms with Gasteiger partial charge in [-0.2, -0.15) is 0 Å². The third-order valence-corrected chi connectivity index (χ3v) is 0.705. The van der Waals surface area contributed by atoms with Gasteiger partial charge in [0, 0.05) is 6.42 Å². The Bertz CT molecular complexity index is 150. The zero-order chi connectivity index (χ0) is 7.28. The smallest absolute Gasteiger partial charge is 0.353 e. The largest absolute Gasteiger partial charge is 0.477 e. The first kappa shape index (κ1) is 7.68. The van der Waals surface area contributed by atoms with Crippen molar-refractivity contribution in [3.8, 4) is 0 Å². The zero-order valence-corrected chi connectivity index (χ0v) is 4.74. The number of aliphatic carboxylic acids is 1. The molecule has 0 saturated carbocycles. The number of carbonyl (C=O) groups is 1. The molecule has 0 spiro atoms. The van der Waals surface area contributed by atoms with Crippen molar-refractivity contribution in [3.63, 3.8) is 0 Å². The van der Waals surface area contributed by atoms with Crippen molar-refractivity contribution >= 4 is 11.7 Å². The molecule has 0 aromatic heterocycles. The highest BCUT2D eigenvalue weighted by Crippen LogP contribution is 1.86. The fourth-order valence-electron chi connectivity index (χ4n) is 0.308. The predicted octanol–water partition coefficient (Wildman–Crippen LogP) is 0.477. The lowest BCUT2D eigenvalue weighted by Crippen LogP contribution is -2.11. The number of hydrogen-bond donors (Lipinski definition) is 2. The molecule has 0 amide bonds. The third kappa shape index (κ3) is 2.48. The molecule has 0 aliphatic heterocycles. The molecule has 0 unspecified atom stereocenters. The Kier molecular flexibility index (Phi) is 3.12. The second-order valence-corrected chi connectivity index (χ2v) is 1.34. The van der Waals surface area contributed by atoms with Crippen LogP contribution in [0.5, 0.6) is 0 Å². The number of hydrogen-bond acceptors (Lipinski definition) is 3. The SMILES string of the molecule is C=CC/C(=N\O)C(=O)O. The lowest BCUT2D eigenvalue weighted by atomic mass is 10.3. The van der Waals surface area contributed by atoms with Gasteiger partial charge in [0.15, 0.2) is 5.71 Å². The Morgan fingerprint density at radius 2 is 2.33 bits per heavy atom. The van der Waals surface area contributed by atoms with Crippen LogP contribution in [0.15, 0.2) is 17.8 Å². The van der Waals surface area contributed by atoms with Gasteiger partial charge in [0.25, 0.3) is 0 Å². The van der Waals surface area contributed by atoms with Crippen LogP contribution in [0.25, 0.3) is 0 Å². The molecule has 0 aromatic rings. The van der Waals surface area contributed by atoms with E-state index in [1.165, 1.54) is 6.08 Å². The van der Waals surface area contributed by atoms with Gasteiger partial charge >= 0.3 is 5.97 Å². The van der Waals surface area contributed by atoms with Gasteiger partial charge in [0.1, 0.15) is 0 Å². The summed E-state index contributed by atoms with van der Waals surface area (Å²) in [5.74, 6) is -1.22. The first-order chi connectivity index (χ1) is 4.22. The van der Waals surface area contributed by atoms with Crippen molar-refractivity contribution in [1.29, 1.82) is 0 Å². The Hall–Kier alpha value is -1.32. The number of carboxylic acids is 1. The number of carboxylic acid groups (broad SMARTS) is 1. The van der Waals surface area contributed by atoms with Gasteiger partial charge in [0.2, 0.25) is 0 Å². The molecule has 0 saturated heterocycles. The molecule has 0 aliphatic rings. The molecule has 0 radical (unpaired) electrons. The Labute approximate surface area is 52.1 Å². The molecule has 4 heteroatoms. The molecule has 0 atom stereocenters. The Morgan fingerprint density at radius 1 is 1.78 bits per heavy atom. The van der Waals surface area contributed by atoms with Crippen molar-refractivity contribution in [2.75, 3.05) is 0 Å². The van der Waals surface area contributed by atoms with Crippen molar-refractivity contribution in [1.82, 2.24) is 0 Å². The monoisotopic (exact) mass is 129 g/mol. The van der Waals surface area contributed by atoms with Gasteiger partial charge < -0.3 is 10.3 Å². The van der Waals surface area contributed by atoms with Crippen molar-refractivity contribution in [2.45, 2.75) is 6.42 Å². The highest BCUT2D eigenvalue weighted by molar-refractivity contribution is 6.35. The van der Waals surface area contributed by atoms with E-state index in [1.807, 2.05) is 0 Å². The number of oxime groups is 1. The minimum absolute atomic E-state index is 0.0752. The highest BCUT2D eigenvalue weighted by Gasteiger charge is 2.05. The first-order valence-electron chi connectivity index (χ1n) is 2.27. The van der Waals surface area contributed by atoms with Crippen LogP contribution >= 0.6 is 0 Å². The van der Waals surface area contributed by atoms with Crippen LogP contribution in [0.4, 0.5) is 0 Å². The molecule has 0 heterocycles. The quantitative estimate of drug-likeness (QED) is 0.252. The Morgan fingerprint density at radius 3 is 2.44 bits per heavy atom. The maximum atomic E-state index is 9.98. The fourth-order valence-corrected chi connectivity index (χ4v) is 0.308. The van der Waals surface area contributed by atoms with Gasteiger partial charge in [0.05, 0.1) is 0 Å². The summed E-state index contributed by atoms with van der Waals surface area (Å²) in [6.45, 7) is 3.28. The minimum atomic E-state index is -1.22. The van der Waals surface area contributed by atoms with E-state index in [9.17, 15) is 4.79 Å². The Balaban J connectivity index is 4.00. The van der Waals surface area contributed by atoms with Crippen molar-refractivity contribution in [2.24, 2.45) is 5.16 Å². The summed E-state index contributed by atoms with van der Waals surface area (Å²) in [5, 5.41) is 18.7. The van der Waals surface area contributed by atoms with Gasteiger partial charge in [-0.25, -0.2) is 4.79 Å². The van der Waals surface area contributed by atoms with Crippen LogP contribution in [-0.4, -0.2) is 22.0 Å². The molecule has 0 aliphatic carbocycles. The lowest BCUT2D eigenvalue weighted by Gasteiger charge is -1.89. The van der Waals surface area contributed by atoms with E-state index < -0.39 is 5.97 Å².